The highest BCUT2D eigenvalue weighted by molar-refractivity contribution is 5.72. The van der Waals surface area contributed by atoms with Crippen molar-refractivity contribution < 1.29 is 19.2 Å². The number of benzene rings is 1. The largest absolute Gasteiger partial charge is 0.490 e. The number of carbonyl (C=O) groups excluding carboxylic acids is 1. The highest BCUT2D eigenvalue weighted by Gasteiger charge is 2.14. The summed E-state index contributed by atoms with van der Waals surface area (Å²) >= 11 is 0. The zero-order chi connectivity index (χ0) is 13.5. The lowest BCUT2D eigenvalue weighted by Gasteiger charge is -2.02. The first-order valence-corrected chi connectivity index (χ1v) is 5.14. The first-order valence-electron chi connectivity index (χ1n) is 5.14. The van der Waals surface area contributed by atoms with E-state index in [0.29, 0.717) is 5.56 Å². The standard InChI is InChI=1S/C12H13NO5/c1-17-11-7-6-9(8-10(11)13(15)16)4-3-5-12(14)18-2/h3-4,6-8H,5H2,1-2H3. The highest BCUT2D eigenvalue weighted by Crippen LogP contribution is 2.27. The second-order valence-corrected chi connectivity index (χ2v) is 3.37. The van der Waals surface area contributed by atoms with E-state index >= 15 is 0 Å². The normalized spacial score (nSPS) is 10.3. The number of methoxy groups -OCH3 is 2. The molecule has 0 fully saturated rings. The van der Waals surface area contributed by atoms with Gasteiger partial charge < -0.3 is 9.47 Å². The Hall–Kier alpha value is -2.37. The highest BCUT2D eigenvalue weighted by atomic mass is 16.6. The summed E-state index contributed by atoms with van der Waals surface area (Å²) in [6, 6.07) is 4.56. The second-order valence-electron chi connectivity index (χ2n) is 3.37. The van der Waals surface area contributed by atoms with Crippen molar-refractivity contribution in [2.75, 3.05) is 14.2 Å². The molecule has 0 atom stereocenters. The van der Waals surface area contributed by atoms with Crippen LogP contribution in [0, 0.1) is 10.1 Å². The van der Waals surface area contributed by atoms with Crippen molar-refractivity contribution in [1.29, 1.82) is 0 Å². The molecule has 0 heterocycles. The zero-order valence-electron chi connectivity index (χ0n) is 10.1. The molecule has 0 amide bonds. The minimum Gasteiger partial charge on any atom is -0.490 e. The van der Waals surface area contributed by atoms with E-state index in [1.54, 1.807) is 18.2 Å². The van der Waals surface area contributed by atoms with E-state index in [-0.39, 0.29) is 23.8 Å². The topological polar surface area (TPSA) is 78.7 Å². The van der Waals surface area contributed by atoms with E-state index in [1.165, 1.54) is 26.4 Å². The summed E-state index contributed by atoms with van der Waals surface area (Å²) in [4.78, 5) is 21.1. The van der Waals surface area contributed by atoms with E-state index in [0.717, 1.165) is 0 Å². The van der Waals surface area contributed by atoms with Gasteiger partial charge in [0.15, 0.2) is 5.75 Å². The molecule has 0 bridgehead atoms. The quantitative estimate of drug-likeness (QED) is 0.455. The summed E-state index contributed by atoms with van der Waals surface area (Å²) in [5, 5.41) is 10.8. The Balaban J connectivity index is 2.88. The first kappa shape index (κ1) is 13.7. The van der Waals surface area contributed by atoms with Gasteiger partial charge >= 0.3 is 11.7 Å². The number of nitro benzene ring substituents is 1. The van der Waals surface area contributed by atoms with E-state index < -0.39 is 4.92 Å². The smallest absolute Gasteiger partial charge is 0.311 e. The summed E-state index contributed by atoms with van der Waals surface area (Å²) in [6.07, 6.45) is 3.32. The lowest BCUT2D eigenvalue weighted by atomic mass is 10.1. The summed E-state index contributed by atoms with van der Waals surface area (Å²) in [5.74, 6) is -0.167. The maximum atomic E-state index is 10.9. The molecular weight excluding hydrogens is 238 g/mol. The molecule has 1 aromatic rings. The van der Waals surface area contributed by atoms with Crippen molar-refractivity contribution in [1.82, 2.24) is 0 Å². The van der Waals surface area contributed by atoms with Gasteiger partial charge in [0, 0.05) is 6.07 Å². The molecule has 96 valence electrons. The van der Waals surface area contributed by atoms with Gasteiger partial charge in [-0.15, -0.1) is 0 Å². The van der Waals surface area contributed by atoms with Crippen molar-refractivity contribution >= 4 is 17.7 Å². The Bertz CT molecular complexity index is 481. The lowest BCUT2D eigenvalue weighted by molar-refractivity contribution is -0.385. The zero-order valence-corrected chi connectivity index (χ0v) is 10.1. The minimum absolute atomic E-state index is 0.113. The molecule has 6 nitrogen and oxygen atoms in total. The van der Waals surface area contributed by atoms with Crippen LogP contribution in [0.15, 0.2) is 24.3 Å². The summed E-state index contributed by atoms with van der Waals surface area (Å²) in [5.41, 5.74) is 0.504. The molecule has 0 spiro atoms. The van der Waals surface area contributed by atoms with Gasteiger partial charge in [0.25, 0.3) is 0 Å². The molecule has 0 radical (unpaired) electrons. The molecule has 0 aliphatic heterocycles. The molecule has 18 heavy (non-hydrogen) atoms. The van der Waals surface area contributed by atoms with Gasteiger partial charge in [-0.3, -0.25) is 14.9 Å². The van der Waals surface area contributed by atoms with Gasteiger partial charge in [-0.1, -0.05) is 18.2 Å². The second kappa shape index (κ2) is 6.39. The molecule has 0 saturated heterocycles. The summed E-state index contributed by atoms with van der Waals surface area (Å²) in [7, 11) is 2.67. The van der Waals surface area contributed by atoms with E-state index in [9.17, 15) is 14.9 Å². The number of ether oxygens (including phenoxy) is 2. The first-order chi connectivity index (χ1) is 8.58. The Labute approximate surface area is 104 Å². The fourth-order valence-electron chi connectivity index (χ4n) is 1.33. The Kier molecular flexibility index (Phi) is 4.86. The third kappa shape index (κ3) is 3.58. The van der Waals surface area contributed by atoms with Crippen LogP contribution in [0.4, 0.5) is 5.69 Å². The van der Waals surface area contributed by atoms with Crippen molar-refractivity contribution in [2.24, 2.45) is 0 Å². The van der Waals surface area contributed by atoms with E-state index in [4.69, 9.17) is 4.74 Å². The van der Waals surface area contributed by atoms with Crippen LogP contribution in [0.5, 0.6) is 5.75 Å². The Morgan fingerprint density at radius 2 is 2.17 bits per heavy atom. The number of rotatable bonds is 5. The van der Waals surface area contributed by atoms with Gasteiger partial charge in [0.2, 0.25) is 0 Å². The molecule has 0 aliphatic rings. The maximum Gasteiger partial charge on any atom is 0.311 e. The third-order valence-electron chi connectivity index (χ3n) is 2.22. The van der Waals surface area contributed by atoms with Crippen molar-refractivity contribution in [2.45, 2.75) is 6.42 Å². The minimum atomic E-state index is -0.517. The lowest BCUT2D eigenvalue weighted by Crippen LogP contribution is -1.96. The van der Waals surface area contributed by atoms with Crippen LogP contribution in [0.2, 0.25) is 0 Å². The van der Waals surface area contributed by atoms with E-state index in [2.05, 4.69) is 4.74 Å². The van der Waals surface area contributed by atoms with Crippen molar-refractivity contribution in [3.05, 3.63) is 40.0 Å². The van der Waals surface area contributed by atoms with Crippen LogP contribution < -0.4 is 4.74 Å². The molecule has 6 heteroatoms. The Morgan fingerprint density at radius 1 is 1.44 bits per heavy atom. The number of carbonyl (C=O) groups is 1. The molecule has 1 rings (SSSR count). The molecule has 0 aromatic heterocycles. The van der Waals surface area contributed by atoms with Crippen LogP contribution in [-0.2, 0) is 9.53 Å². The van der Waals surface area contributed by atoms with Gasteiger partial charge in [-0.05, 0) is 11.6 Å². The average Bonchev–Trinajstić information content (AvgIpc) is 2.38. The number of esters is 1. The van der Waals surface area contributed by atoms with Gasteiger partial charge in [-0.25, -0.2) is 0 Å². The SMILES string of the molecule is COC(=O)CC=Cc1ccc(OC)c([N+](=O)[O-])c1. The predicted octanol–water partition coefficient (Wildman–Crippen LogP) is 2.18. The third-order valence-corrected chi connectivity index (χ3v) is 2.22. The van der Waals surface area contributed by atoms with Gasteiger partial charge in [0.05, 0.1) is 25.6 Å². The molecular formula is C12H13NO5. The van der Waals surface area contributed by atoms with Crippen LogP contribution in [0.1, 0.15) is 12.0 Å². The van der Waals surface area contributed by atoms with Crippen LogP contribution in [0.25, 0.3) is 6.08 Å². The van der Waals surface area contributed by atoms with Gasteiger partial charge in [0.1, 0.15) is 0 Å². The predicted molar refractivity (Wildman–Crippen MR) is 65.3 cm³/mol. The fourth-order valence-corrected chi connectivity index (χ4v) is 1.33. The van der Waals surface area contributed by atoms with Gasteiger partial charge in [-0.2, -0.15) is 0 Å². The fraction of sp³-hybridized carbons (Fsp3) is 0.250. The maximum absolute atomic E-state index is 10.9. The molecule has 1 aromatic carbocycles. The summed E-state index contributed by atoms with van der Waals surface area (Å²) in [6.45, 7) is 0. The van der Waals surface area contributed by atoms with Crippen LogP contribution in [-0.4, -0.2) is 25.1 Å². The monoisotopic (exact) mass is 251 g/mol. The molecule has 0 unspecified atom stereocenters. The van der Waals surface area contributed by atoms with Crippen molar-refractivity contribution in [3.63, 3.8) is 0 Å². The average molecular weight is 251 g/mol. The summed E-state index contributed by atoms with van der Waals surface area (Å²) < 4.78 is 9.35. The van der Waals surface area contributed by atoms with Crippen LogP contribution >= 0.6 is 0 Å². The van der Waals surface area contributed by atoms with Crippen LogP contribution in [0.3, 0.4) is 0 Å². The molecule has 0 aliphatic carbocycles. The number of nitro groups is 1. The van der Waals surface area contributed by atoms with E-state index in [1.807, 2.05) is 0 Å². The molecule has 0 N–H and O–H groups in total. The number of hydrogen-bond donors (Lipinski definition) is 0. The molecule has 0 saturated carbocycles. The Morgan fingerprint density at radius 3 is 2.72 bits per heavy atom. The number of nitrogens with zero attached hydrogens (tertiary/aromatic N) is 1. The van der Waals surface area contributed by atoms with Crippen molar-refractivity contribution in [3.8, 4) is 5.75 Å². The number of hydrogen-bond acceptors (Lipinski definition) is 5.